The van der Waals surface area contributed by atoms with Crippen LogP contribution in [-0.4, -0.2) is 202 Å². The van der Waals surface area contributed by atoms with Gasteiger partial charge in [-0.1, -0.05) is 60.1 Å². The number of aryl methyl sites for hydroxylation is 2. The molecule has 1 aliphatic heterocycles. The van der Waals surface area contributed by atoms with Crippen LogP contribution < -0.4 is 27.8 Å². The highest BCUT2D eigenvalue weighted by Gasteiger charge is 2.36. The number of nitrogens with two attached hydrogens (primary N) is 3. The number of rotatable bonds is 26. The van der Waals surface area contributed by atoms with Gasteiger partial charge in [0, 0.05) is 45.7 Å². The number of amides is 3. The molecule has 4 rings (SSSR count). The lowest BCUT2D eigenvalue weighted by Gasteiger charge is -2.33. The Morgan fingerprint density at radius 3 is 1.84 bits per heavy atom. The number of nitrogens with one attached hydrogen (secondary N) is 2. The maximum Gasteiger partial charge on any atom is 0.280 e. The van der Waals surface area contributed by atoms with Crippen molar-refractivity contribution < 1.29 is 65.4 Å². The second-order valence-electron chi connectivity index (χ2n) is 16.6. The summed E-state index contributed by atoms with van der Waals surface area (Å²) < 4.78 is 0. The minimum Gasteiger partial charge on any atom is -0.394 e. The third kappa shape index (κ3) is 16.2. The standard InChI is InChI=1S/C44H65ClN10O13/c45-39-41(47)52-40(46)34(51-39)43(68)53-44(48)50-16-2-1-4-24-6-11-26(12-7-24)27-13-8-25(9-14-27)10-15-33(62)55-18-3-5-28(55)42(67)49-17-19-54(20-29(58)35(63)37(65)31(60)22-56)21-30(59)36(64)38(66)32(61)23-57/h6-9,11-14,28-32,35-38,56-61,63-66H,1-5,10,15-23H2,(H,49,67)(H4,46,47,52)(H3,48,50,53,68)/t28-,29-,30-,31+,32+,35+,36+,37+,38+/m0/s1. The first-order chi connectivity index (χ1) is 32.3. The number of benzene rings is 2. The first-order valence-electron chi connectivity index (χ1n) is 22.2. The molecular formula is C44H65ClN10O13. The molecule has 0 unspecified atom stereocenters. The zero-order chi connectivity index (χ0) is 50.1. The SMILES string of the molecule is NC(=NCCCCc1ccc(-c2ccc(CCC(=O)N3CCC[C@H]3C(=O)NCCN(C[C@H](O)[C@@H](O)[C@H](O)[C@H](O)CO)C[C@H](O)[C@@H](O)[C@H](O)[C@H](O)CO)cc2)cc1)NC(=O)c1nc(Cl)c(N)nc1N. The van der Waals surface area contributed by atoms with Gasteiger partial charge in [0.1, 0.15) is 42.7 Å². The van der Waals surface area contributed by atoms with Crippen LogP contribution in [0.1, 0.15) is 53.7 Å². The number of unbranched alkanes of at least 4 members (excludes halogenated alkanes) is 1. The Morgan fingerprint density at radius 2 is 1.29 bits per heavy atom. The molecule has 2 heterocycles. The Labute approximate surface area is 397 Å². The van der Waals surface area contributed by atoms with Gasteiger partial charge in [0.15, 0.2) is 28.4 Å². The summed E-state index contributed by atoms with van der Waals surface area (Å²) in [7, 11) is 0. The van der Waals surface area contributed by atoms with Crippen molar-refractivity contribution in [2.24, 2.45) is 10.7 Å². The summed E-state index contributed by atoms with van der Waals surface area (Å²) >= 11 is 5.84. The molecule has 24 heteroatoms. The average molecular weight is 978 g/mol. The molecule has 18 N–H and O–H groups in total. The highest BCUT2D eigenvalue weighted by atomic mass is 35.5. The first kappa shape index (κ1) is 55.4. The Hall–Kier alpha value is -5.15. The molecule has 23 nitrogen and oxygen atoms in total. The van der Waals surface area contributed by atoms with Crippen LogP contribution in [0, 0.1) is 0 Å². The number of nitrogens with zero attached hydrogens (tertiary/aromatic N) is 5. The topological polar surface area (TPSA) is 400 Å². The zero-order valence-corrected chi connectivity index (χ0v) is 38.2. The van der Waals surface area contributed by atoms with E-state index in [1.807, 2.05) is 36.4 Å². The molecule has 2 aromatic carbocycles. The number of carbonyl (C=O) groups excluding carboxylic acids is 3. The molecule has 1 saturated heterocycles. The number of guanidine groups is 1. The Bertz CT molecular complexity index is 2080. The highest BCUT2D eigenvalue weighted by Crippen LogP contribution is 2.24. The number of aliphatic hydroxyl groups excluding tert-OH is 10. The third-order valence-corrected chi connectivity index (χ3v) is 11.8. The van der Waals surface area contributed by atoms with Crippen molar-refractivity contribution in [1.82, 2.24) is 30.4 Å². The van der Waals surface area contributed by atoms with Crippen LogP contribution in [0.5, 0.6) is 0 Å². The number of hydrogen-bond donors (Lipinski definition) is 15. The summed E-state index contributed by atoms with van der Waals surface area (Å²) in [6.45, 7) is -2.25. The molecule has 1 aromatic heterocycles. The summed E-state index contributed by atoms with van der Waals surface area (Å²) in [4.78, 5) is 53.8. The van der Waals surface area contributed by atoms with E-state index >= 15 is 0 Å². The van der Waals surface area contributed by atoms with Gasteiger partial charge in [-0.05, 0) is 60.8 Å². The lowest BCUT2D eigenvalue weighted by molar-refractivity contribution is -0.138. The Kier molecular flexibility index (Phi) is 22.1. The predicted molar refractivity (Wildman–Crippen MR) is 249 cm³/mol. The third-order valence-electron chi connectivity index (χ3n) is 11.5. The van der Waals surface area contributed by atoms with Crippen molar-refractivity contribution in [3.8, 4) is 11.1 Å². The number of anilines is 2. The molecule has 0 aliphatic carbocycles. The summed E-state index contributed by atoms with van der Waals surface area (Å²) in [5.74, 6) is -1.74. The van der Waals surface area contributed by atoms with Gasteiger partial charge >= 0.3 is 0 Å². The second-order valence-corrected chi connectivity index (χ2v) is 17.0. The van der Waals surface area contributed by atoms with Crippen LogP contribution in [0.4, 0.5) is 11.6 Å². The summed E-state index contributed by atoms with van der Waals surface area (Å²) in [5.41, 5.74) is 21.0. The van der Waals surface area contributed by atoms with Gasteiger partial charge in [-0.2, -0.15) is 0 Å². The molecule has 376 valence electrons. The minimum atomic E-state index is -1.95. The maximum absolute atomic E-state index is 13.4. The van der Waals surface area contributed by atoms with Gasteiger partial charge in [-0.25, -0.2) is 9.97 Å². The number of likely N-dealkylation sites (tertiary alicyclic amines) is 1. The number of halogens is 1. The Morgan fingerprint density at radius 1 is 0.765 bits per heavy atom. The number of carbonyl (C=O) groups is 3. The van der Waals surface area contributed by atoms with Gasteiger partial charge in [-0.15, -0.1) is 0 Å². The van der Waals surface area contributed by atoms with E-state index in [2.05, 4.69) is 37.7 Å². The Balaban J connectivity index is 1.22. The van der Waals surface area contributed by atoms with Gasteiger partial charge in [-0.3, -0.25) is 29.6 Å². The number of hydrogen-bond acceptors (Lipinski definition) is 19. The minimum absolute atomic E-state index is 0.0954. The van der Waals surface area contributed by atoms with Crippen LogP contribution in [0.3, 0.4) is 0 Å². The average Bonchev–Trinajstić information content (AvgIpc) is 3.83. The molecule has 68 heavy (non-hydrogen) atoms. The van der Waals surface area contributed by atoms with Crippen molar-refractivity contribution >= 4 is 46.9 Å². The summed E-state index contributed by atoms with van der Waals surface area (Å²) in [6.07, 6.45) is -10.9. The normalized spacial score (nSPS) is 17.8. The van der Waals surface area contributed by atoms with Crippen LogP contribution in [-0.2, 0) is 22.4 Å². The largest absolute Gasteiger partial charge is 0.394 e. The van der Waals surface area contributed by atoms with E-state index in [1.165, 1.54) is 9.80 Å². The van der Waals surface area contributed by atoms with Crippen molar-refractivity contribution in [3.05, 3.63) is 70.5 Å². The van der Waals surface area contributed by atoms with E-state index < -0.39 is 93.0 Å². The van der Waals surface area contributed by atoms with Gasteiger partial charge in [0.2, 0.25) is 11.8 Å². The van der Waals surface area contributed by atoms with Crippen LogP contribution in [0.15, 0.2) is 53.5 Å². The predicted octanol–water partition coefficient (Wildman–Crippen LogP) is -3.76. The quantitative estimate of drug-likeness (QED) is 0.0209. The summed E-state index contributed by atoms with van der Waals surface area (Å²) in [6, 6.07) is 15.3. The molecule has 3 amide bonds. The van der Waals surface area contributed by atoms with E-state index in [4.69, 9.17) is 39.0 Å². The first-order valence-corrected chi connectivity index (χ1v) is 22.6. The van der Waals surface area contributed by atoms with Crippen LogP contribution >= 0.6 is 11.6 Å². The lowest BCUT2D eigenvalue weighted by Crippen LogP contribution is -2.54. The number of aliphatic imine (C=N–C) groups is 1. The monoisotopic (exact) mass is 976 g/mol. The molecule has 1 fully saturated rings. The highest BCUT2D eigenvalue weighted by molar-refractivity contribution is 6.31. The molecule has 1 aliphatic rings. The fourth-order valence-corrected chi connectivity index (χ4v) is 7.63. The van der Waals surface area contributed by atoms with E-state index in [9.17, 15) is 55.2 Å². The fourth-order valence-electron chi connectivity index (χ4n) is 7.51. The van der Waals surface area contributed by atoms with Crippen molar-refractivity contribution in [3.63, 3.8) is 0 Å². The maximum atomic E-state index is 13.4. The van der Waals surface area contributed by atoms with Crippen molar-refractivity contribution in [2.75, 3.05) is 63.9 Å². The second kappa shape index (κ2) is 27.1. The van der Waals surface area contributed by atoms with E-state index in [1.54, 1.807) is 0 Å². The molecule has 0 spiro atoms. The number of aliphatic hydroxyl groups is 10. The van der Waals surface area contributed by atoms with Crippen molar-refractivity contribution in [2.45, 2.75) is 99.8 Å². The molecule has 0 bridgehead atoms. The van der Waals surface area contributed by atoms with Crippen molar-refractivity contribution in [1.29, 1.82) is 0 Å². The van der Waals surface area contributed by atoms with Gasteiger partial charge in [0.05, 0.1) is 25.4 Å². The van der Waals surface area contributed by atoms with Gasteiger partial charge < -0.3 is 78.5 Å². The molecule has 0 saturated carbocycles. The number of nitrogen functional groups attached to an aromatic ring is 2. The molecule has 3 aromatic rings. The lowest BCUT2D eigenvalue weighted by atomic mass is 9.99. The molecule has 0 radical (unpaired) electrons. The fraction of sp³-hybridized carbons (Fsp3) is 0.545. The zero-order valence-electron chi connectivity index (χ0n) is 37.5. The van der Waals surface area contributed by atoms with Crippen LogP contribution in [0.2, 0.25) is 5.15 Å². The van der Waals surface area contributed by atoms with Gasteiger partial charge in [0.25, 0.3) is 5.91 Å². The van der Waals surface area contributed by atoms with Crippen LogP contribution in [0.25, 0.3) is 11.1 Å². The molecule has 9 atom stereocenters. The van der Waals surface area contributed by atoms with E-state index in [0.717, 1.165) is 35.1 Å². The number of aromatic nitrogens is 2. The van der Waals surface area contributed by atoms with E-state index in [0.29, 0.717) is 38.8 Å². The smallest absolute Gasteiger partial charge is 0.280 e. The molecular weight excluding hydrogens is 912 g/mol. The summed E-state index contributed by atoms with van der Waals surface area (Å²) in [5, 5.41) is 105. The van der Waals surface area contributed by atoms with E-state index in [-0.39, 0.29) is 53.9 Å².